The average molecular weight is 226 g/mol. The van der Waals surface area contributed by atoms with Crippen LogP contribution >= 0.6 is 0 Å². The molecular formula is C12H18O4. The van der Waals surface area contributed by atoms with Gasteiger partial charge in [0.1, 0.15) is 24.2 Å². The van der Waals surface area contributed by atoms with Crippen LogP contribution in [0.1, 0.15) is 13.3 Å². The van der Waals surface area contributed by atoms with E-state index in [0.717, 1.165) is 12.2 Å². The van der Waals surface area contributed by atoms with Crippen LogP contribution in [0.15, 0.2) is 24.3 Å². The Morgan fingerprint density at radius 1 is 1.25 bits per heavy atom. The van der Waals surface area contributed by atoms with E-state index in [0.29, 0.717) is 12.4 Å². The van der Waals surface area contributed by atoms with Gasteiger partial charge in [0.2, 0.25) is 0 Å². The molecule has 0 aromatic heterocycles. The molecule has 1 rings (SSSR count). The van der Waals surface area contributed by atoms with Crippen molar-refractivity contribution in [2.45, 2.75) is 19.4 Å². The summed E-state index contributed by atoms with van der Waals surface area (Å²) >= 11 is 0. The molecule has 16 heavy (non-hydrogen) atoms. The number of rotatable bonds is 7. The van der Waals surface area contributed by atoms with E-state index >= 15 is 0 Å². The van der Waals surface area contributed by atoms with E-state index in [1.165, 1.54) is 0 Å². The Labute approximate surface area is 95.4 Å². The molecular weight excluding hydrogens is 208 g/mol. The highest BCUT2D eigenvalue weighted by Gasteiger charge is 2.03. The first-order chi connectivity index (χ1) is 7.76. The van der Waals surface area contributed by atoms with E-state index in [2.05, 4.69) is 0 Å². The van der Waals surface area contributed by atoms with Crippen molar-refractivity contribution in [3.8, 4) is 11.5 Å². The zero-order chi connectivity index (χ0) is 11.8. The molecule has 0 fully saturated rings. The molecule has 0 bridgehead atoms. The normalized spacial score (nSPS) is 12.2. The summed E-state index contributed by atoms with van der Waals surface area (Å²) in [5, 5.41) is 17.8. The van der Waals surface area contributed by atoms with Crippen molar-refractivity contribution in [2.24, 2.45) is 0 Å². The van der Waals surface area contributed by atoms with Gasteiger partial charge in [0.15, 0.2) is 0 Å². The minimum Gasteiger partial charge on any atom is -0.493 e. The van der Waals surface area contributed by atoms with Crippen LogP contribution in [0.2, 0.25) is 0 Å². The predicted octanol–water partition coefficient (Wildman–Crippen LogP) is 1.21. The van der Waals surface area contributed by atoms with Crippen molar-refractivity contribution in [1.29, 1.82) is 0 Å². The van der Waals surface area contributed by atoms with Crippen molar-refractivity contribution >= 4 is 0 Å². The molecule has 4 heteroatoms. The van der Waals surface area contributed by atoms with E-state index in [-0.39, 0.29) is 13.2 Å². The fourth-order valence-electron chi connectivity index (χ4n) is 1.12. The SMILES string of the molecule is CCCOc1cccc(OCC(O)CO)c1. The molecule has 1 aromatic carbocycles. The van der Waals surface area contributed by atoms with Crippen LogP contribution in [0, 0.1) is 0 Å². The molecule has 1 unspecified atom stereocenters. The van der Waals surface area contributed by atoms with Gasteiger partial charge < -0.3 is 19.7 Å². The van der Waals surface area contributed by atoms with Gasteiger partial charge in [0.25, 0.3) is 0 Å². The molecule has 0 aliphatic heterocycles. The van der Waals surface area contributed by atoms with E-state index < -0.39 is 6.10 Å². The summed E-state index contributed by atoms with van der Waals surface area (Å²) in [7, 11) is 0. The van der Waals surface area contributed by atoms with E-state index in [4.69, 9.17) is 19.7 Å². The van der Waals surface area contributed by atoms with Crippen LogP contribution in [-0.2, 0) is 0 Å². The number of benzene rings is 1. The van der Waals surface area contributed by atoms with Crippen LogP contribution in [0.5, 0.6) is 11.5 Å². The zero-order valence-corrected chi connectivity index (χ0v) is 9.43. The molecule has 90 valence electrons. The van der Waals surface area contributed by atoms with Gasteiger partial charge in [-0.05, 0) is 18.6 Å². The van der Waals surface area contributed by atoms with Crippen molar-refractivity contribution in [1.82, 2.24) is 0 Å². The molecule has 4 nitrogen and oxygen atoms in total. The Bertz CT molecular complexity index is 301. The zero-order valence-electron chi connectivity index (χ0n) is 9.43. The third kappa shape index (κ3) is 4.51. The van der Waals surface area contributed by atoms with Crippen molar-refractivity contribution < 1.29 is 19.7 Å². The second-order valence-corrected chi connectivity index (χ2v) is 3.47. The molecule has 2 N–H and O–H groups in total. The third-order valence-corrected chi connectivity index (χ3v) is 1.93. The van der Waals surface area contributed by atoms with Crippen molar-refractivity contribution in [3.05, 3.63) is 24.3 Å². The lowest BCUT2D eigenvalue weighted by Crippen LogP contribution is -2.21. The number of aliphatic hydroxyl groups is 2. The largest absolute Gasteiger partial charge is 0.493 e. The molecule has 0 saturated carbocycles. The van der Waals surface area contributed by atoms with E-state index in [1.54, 1.807) is 12.1 Å². The van der Waals surface area contributed by atoms with Crippen LogP contribution in [0.4, 0.5) is 0 Å². The Kier molecular flexibility index (Phi) is 5.67. The Hall–Kier alpha value is -1.26. The van der Waals surface area contributed by atoms with Gasteiger partial charge in [-0.1, -0.05) is 13.0 Å². The van der Waals surface area contributed by atoms with E-state index in [9.17, 15) is 0 Å². The maximum Gasteiger partial charge on any atom is 0.123 e. The molecule has 0 heterocycles. The van der Waals surface area contributed by atoms with Gasteiger partial charge in [-0.15, -0.1) is 0 Å². The topological polar surface area (TPSA) is 58.9 Å². The quantitative estimate of drug-likeness (QED) is 0.733. The molecule has 0 radical (unpaired) electrons. The maximum atomic E-state index is 9.12. The lowest BCUT2D eigenvalue weighted by molar-refractivity contribution is 0.0535. The lowest BCUT2D eigenvalue weighted by Gasteiger charge is -2.11. The van der Waals surface area contributed by atoms with Crippen LogP contribution < -0.4 is 9.47 Å². The standard InChI is InChI=1S/C12H18O4/c1-2-6-15-11-4-3-5-12(7-11)16-9-10(14)8-13/h3-5,7,10,13-14H,2,6,8-9H2,1H3. The predicted molar refractivity (Wildman–Crippen MR) is 60.8 cm³/mol. The second-order valence-electron chi connectivity index (χ2n) is 3.47. The first-order valence-electron chi connectivity index (χ1n) is 5.40. The summed E-state index contributed by atoms with van der Waals surface area (Å²) < 4.78 is 10.7. The second kappa shape index (κ2) is 7.09. The van der Waals surface area contributed by atoms with Gasteiger partial charge in [-0.3, -0.25) is 0 Å². The highest BCUT2D eigenvalue weighted by Crippen LogP contribution is 2.19. The average Bonchev–Trinajstić information content (AvgIpc) is 2.34. The van der Waals surface area contributed by atoms with Crippen molar-refractivity contribution in [3.63, 3.8) is 0 Å². The molecule has 0 amide bonds. The summed E-state index contributed by atoms with van der Waals surface area (Å²) in [6.45, 7) is 2.49. The number of ether oxygens (including phenoxy) is 2. The third-order valence-electron chi connectivity index (χ3n) is 1.93. The highest BCUT2D eigenvalue weighted by molar-refractivity contribution is 5.32. The van der Waals surface area contributed by atoms with Crippen molar-refractivity contribution in [2.75, 3.05) is 19.8 Å². The maximum absolute atomic E-state index is 9.12. The monoisotopic (exact) mass is 226 g/mol. The molecule has 1 aromatic rings. The first kappa shape index (κ1) is 12.8. The lowest BCUT2D eigenvalue weighted by atomic mass is 10.3. The summed E-state index contributed by atoms with van der Waals surface area (Å²) in [4.78, 5) is 0. The minimum absolute atomic E-state index is 0.0771. The minimum atomic E-state index is -0.847. The van der Waals surface area contributed by atoms with Crippen LogP contribution in [-0.4, -0.2) is 36.1 Å². The fourth-order valence-corrected chi connectivity index (χ4v) is 1.12. The Morgan fingerprint density at radius 2 is 1.94 bits per heavy atom. The summed E-state index contributed by atoms with van der Waals surface area (Å²) in [5.41, 5.74) is 0. The Balaban J connectivity index is 2.46. The van der Waals surface area contributed by atoms with Gasteiger partial charge in [0.05, 0.1) is 13.2 Å². The highest BCUT2D eigenvalue weighted by atomic mass is 16.5. The fraction of sp³-hybridized carbons (Fsp3) is 0.500. The van der Waals surface area contributed by atoms with Gasteiger partial charge in [-0.2, -0.15) is 0 Å². The number of aliphatic hydroxyl groups excluding tert-OH is 2. The molecule has 0 spiro atoms. The molecule has 0 saturated heterocycles. The molecule has 0 aliphatic rings. The number of hydrogen-bond acceptors (Lipinski definition) is 4. The summed E-state index contributed by atoms with van der Waals surface area (Å²) in [6.07, 6.45) is 0.106. The van der Waals surface area contributed by atoms with Crippen LogP contribution in [0.3, 0.4) is 0 Å². The summed E-state index contributed by atoms with van der Waals surface area (Å²) in [5.74, 6) is 1.37. The first-order valence-corrected chi connectivity index (χ1v) is 5.40. The van der Waals surface area contributed by atoms with Crippen LogP contribution in [0.25, 0.3) is 0 Å². The van der Waals surface area contributed by atoms with Gasteiger partial charge in [0, 0.05) is 6.07 Å². The van der Waals surface area contributed by atoms with Gasteiger partial charge >= 0.3 is 0 Å². The van der Waals surface area contributed by atoms with Gasteiger partial charge in [-0.25, -0.2) is 0 Å². The smallest absolute Gasteiger partial charge is 0.123 e. The molecule has 0 aliphatic carbocycles. The Morgan fingerprint density at radius 3 is 2.56 bits per heavy atom. The number of hydrogen-bond donors (Lipinski definition) is 2. The molecule has 1 atom stereocenters. The summed E-state index contributed by atoms with van der Waals surface area (Å²) in [6, 6.07) is 7.22. The van der Waals surface area contributed by atoms with E-state index in [1.807, 2.05) is 19.1 Å².